The Morgan fingerprint density at radius 3 is 1.52 bits per heavy atom. The van der Waals surface area contributed by atoms with E-state index in [0.29, 0.717) is 0 Å². The summed E-state index contributed by atoms with van der Waals surface area (Å²) in [6.07, 6.45) is 0. The third-order valence-corrected chi connectivity index (χ3v) is 10.3. The molecule has 7 aromatic rings. The molecular weight excluding hydrogens is 556 g/mol. The first-order valence-corrected chi connectivity index (χ1v) is 16.0. The van der Waals surface area contributed by atoms with Gasteiger partial charge in [-0.05, 0) is 75.2 Å². The summed E-state index contributed by atoms with van der Waals surface area (Å²) in [6.45, 7) is 2.36. The Bertz CT molecular complexity index is 2190. The lowest BCUT2D eigenvalue weighted by molar-refractivity contribution is 0.435. The van der Waals surface area contributed by atoms with Crippen molar-refractivity contribution in [3.8, 4) is 33.8 Å². The Morgan fingerprint density at radius 1 is 0.370 bits per heavy atom. The highest BCUT2D eigenvalue weighted by Crippen LogP contribution is 2.57. The van der Waals surface area contributed by atoms with Crippen molar-refractivity contribution >= 4 is 0 Å². The lowest BCUT2D eigenvalue weighted by atomic mass is 9.63. The molecule has 1 nitrogen and oxygen atoms in total. The van der Waals surface area contributed by atoms with Gasteiger partial charge in [0.1, 0.15) is 11.5 Å². The van der Waals surface area contributed by atoms with Gasteiger partial charge in [0.05, 0.1) is 5.41 Å². The van der Waals surface area contributed by atoms with Crippen LogP contribution in [0.3, 0.4) is 0 Å². The molecule has 0 bridgehead atoms. The summed E-state index contributed by atoms with van der Waals surface area (Å²) in [6, 6.07) is 63.8. The van der Waals surface area contributed by atoms with E-state index in [2.05, 4.69) is 183 Å². The number of rotatable bonds is 4. The fourth-order valence-corrected chi connectivity index (χ4v) is 8.15. The molecule has 0 fully saturated rings. The van der Waals surface area contributed by atoms with Gasteiger partial charge in [0.15, 0.2) is 0 Å². The molecule has 1 aliphatic heterocycles. The molecular formula is C45H32O. The van der Waals surface area contributed by atoms with E-state index in [9.17, 15) is 0 Å². The second kappa shape index (κ2) is 10.2. The molecule has 1 unspecified atom stereocenters. The maximum absolute atomic E-state index is 6.78. The summed E-state index contributed by atoms with van der Waals surface area (Å²) in [5.41, 5.74) is 13.0. The minimum absolute atomic E-state index is 0.209. The Kier molecular flexibility index (Phi) is 5.92. The van der Waals surface area contributed by atoms with Crippen LogP contribution in [-0.2, 0) is 10.8 Å². The molecule has 0 saturated carbocycles. The summed E-state index contributed by atoms with van der Waals surface area (Å²) in [5.74, 6) is 1.78. The summed E-state index contributed by atoms with van der Waals surface area (Å²) >= 11 is 0. The first kappa shape index (κ1) is 26.7. The van der Waals surface area contributed by atoms with Gasteiger partial charge in [-0.3, -0.25) is 0 Å². The third kappa shape index (κ3) is 3.69. The topological polar surface area (TPSA) is 9.23 Å². The lowest BCUT2D eigenvalue weighted by Crippen LogP contribution is -2.34. The molecule has 7 aromatic carbocycles. The molecule has 0 saturated heterocycles. The molecule has 0 aromatic heterocycles. The van der Waals surface area contributed by atoms with Gasteiger partial charge in [-0.25, -0.2) is 0 Å². The molecule has 218 valence electrons. The van der Waals surface area contributed by atoms with E-state index >= 15 is 0 Å². The van der Waals surface area contributed by atoms with Crippen LogP contribution >= 0.6 is 0 Å². The van der Waals surface area contributed by atoms with Crippen LogP contribution in [0.4, 0.5) is 0 Å². The average molecular weight is 589 g/mol. The van der Waals surface area contributed by atoms with E-state index in [4.69, 9.17) is 4.74 Å². The van der Waals surface area contributed by atoms with E-state index in [1.807, 2.05) is 0 Å². The predicted molar refractivity (Wildman–Crippen MR) is 188 cm³/mol. The molecule has 0 amide bonds. The van der Waals surface area contributed by atoms with Crippen LogP contribution in [0.5, 0.6) is 11.5 Å². The van der Waals surface area contributed by atoms with Gasteiger partial charge in [0, 0.05) is 16.5 Å². The van der Waals surface area contributed by atoms with Gasteiger partial charge in [-0.2, -0.15) is 0 Å². The van der Waals surface area contributed by atoms with Crippen LogP contribution < -0.4 is 4.74 Å². The van der Waals surface area contributed by atoms with Crippen molar-refractivity contribution in [1.82, 2.24) is 0 Å². The van der Waals surface area contributed by atoms with Crippen LogP contribution in [0.15, 0.2) is 176 Å². The van der Waals surface area contributed by atoms with E-state index < -0.39 is 5.41 Å². The quantitative estimate of drug-likeness (QED) is 0.199. The van der Waals surface area contributed by atoms with Crippen LogP contribution in [0.25, 0.3) is 22.3 Å². The smallest absolute Gasteiger partial charge is 0.132 e. The van der Waals surface area contributed by atoms with Crippen LogP contribution in [0.1, 0.15) is 45.9 Å². The zero-order valence-corrected chi connectivity index (χ0v) is 25.7. The SMILES string of the molecule is CC1(c2ccccc2)c2ccccc2-c2cc(-c3ccc4c(c3)Oc3ccccc3C4(c3ccccc3)c3ccccc3)ccc21. The highest BCUT2D eigenvalue weighted by molar-refractivity contribution is 5.87. The number of para-hydroxylation sites is 1. The van der Waals surface area contributed by atoms with Gasteiger partial charge in [0.25, 0.3) is 0 Å². The first-order valence-electron chi connectivity index (χ1n) is 16.0. The molecule has 0 radical (unpaired) electrons. The number of hydrogen-bond acceptors (Lipinski definition) is 1. The van der Waals surface area contributed by atoms with Crippen molar-refractivity contribution in [2.75, 3.05) is 0 Å². The Balaban J connectivity index is 1.24. The molecule has 0 spiro atoms. The van der Waals surface area contributed by atoms with Gasteiger partial charge >= 0.3 is 0 Å². The summed E-state index contributed by atoms with van der Waals surface area (Å²) in [7, 11) is 0. The second-order valence-electron chi connectivity index (χ2n) is 12.6. The molecule has 2 aliphatic rings. The summed E-state index contributed by atoms with van der Waals surface area (Å²) in [5, 5.41) is 0. The fourth-order valence-electron chi connectivity index (χ4n) is 8.15. The minimum atomic E-state index is -0.514. The molecule has 9 rings (SSSR count). The number of fused-ring (bicyclic) bond motifs is 5. The zero-order valence-electron chi connectivity index (χ0n) is 25.7. The van der Waals surface area contributed by atoms with Crippen molar-refractivity contribution in [1.29, 1.82) is 0 Å². The maximum Gasteiger partial charge on any atom is 0.132 e. The third-order valence-electron chi connectivity index (χ3n) is 10.3. The zero-order chi connectivity index (χ0) is 30.7. The largest absolute Gasteiger partial charge is 0.457 e. The Hall–Kier alpha value is -5.66. The second-order valence-corrected chi connectivity index (χ2v) is 12.6. The van der Waals surface area contributed by atoms with Crippen LogP contribution in [0, 0.1) is 0 Å². The van der Waals surface area contributed by atoms with Gasteiger partial charge < -0.3 is 4.74 Å². The summed E-state index contributed by atoms with van der Waals surface area (Å²) in [4.78, 5) is 0. The summed E-state index contributed by atoms with van der Waals surface area (Å²) < 4.78 is 6.78. The standard InChI is InChI=1S/C45H32O/c1-44(33-15-5-2-6-16-33)38-22-12-11-21-36(38)37-29-31(25-27-39(37)44)32-26-28-41-43(30-32)46-42-24-14-13-23-40(42)45(41,34-17-7-3-8-18-34)35-19-9-4-10-20-35/h2-30H,1H3. The van der Waals surface area contributed by atoms with E-state index in [1.165, 1.54) is 44.5 Å². The van der Waals surface area contributed by atoms with E-state index in [0.717, 1.165) is 28.2 Å². The molecule has 46 heavy (non-hydrogen) atoms. The number of benzene rings is 7. The highest BCUT2D eigenvalue weighted by atomic mass is 16.5. The molecule has 1 aliphatic carbocycles. The molecule has 1 atom stereocenters. The Labute approximate surface area is 270 Å². The molecule has 1 heterocycles. The van der Waals surface area contributed by atoms with Crippen molar-refractivity contribution < 1.29 is 4.74 Å². The van der Waals surface area contributed by atoms with Gasteiger partial charge in [0.2, 0.25) is 0 Å². The van der Waals surface area contributed by atoms with Crippen LogP contribution in [-0.4, -0.2) is 0 Å². The Morgan fingerprint density at radius 2 is 0.848 bits per heavy atom. The van der Waals surface area contributed by atoms with E-state index in [1.54, 1.807) is 0 Å². The average Bonchev–Trinajstić information content (AvgIpc) is 3.39. The first-order chi connectivity index (χ1) is 22.7. The lowest BCUT2D eigenvalue weighted by Gasteiger charge is -2.41. The van der Waals surface area contributed by atoms with E-state index in [-0.39, 0.29) is 5.41 Å². The van der Waals surface area contributed by atoms with Crippen molar-refractivity contribution in [3.63, 3.8) is 0 Å². The maximum atomic E-state index is 6.78. The minimum Gasteiger partial charge on any atom is -0.457 e. The van der Waals surface area contributed by atoms with Crippen molar-refractivity contribution in [3.05, 3.63) is 215 Å². The fraction of sp³-hybridized carbons (Fsp3) is 0.0667. The highest BCUT2D eigenvalue weighted by Gasteiger charge is 2.45. The monoisotopic (exact) mass is 588 g/mol. The van der Waals surface area contributed by atoms with Gasteiger partial charge in [-0.1, -0.05) is 158 Å². The van der Waals surface area contributed by atoms with Gasteiger partial charge in [-0.15, -0.1) is 0 Å². The number of hydrogen-bond donors (Lipinski definition) is 0. The van der Waals surface area contributed by atoms with Crippen LogP contribution in [0.2, 0.25) is 0 Å². The predicted octanol–water partition coefficient (Wildman–Crippen LogP) is 11.2. The normalized spacial score (nSPS) is 16.8. The van der Waals surface area contributed by atoms with Crippen molar-refractivity contribution in [2.24, 2.45) is 0 Å². The molecule has 0 N–H and O–H groups in total. The number of ether oxygens (including phenoxy) is 1. The molecule has 1 heteroatoms. The van der Waals surface area contributed by atoms with Crippen molar-refractivity contribution in [2.45, 2.75) is 17.8 Å².